The SMILES string of the molecule is Cc1nc(CN2CC3CC2CS3(=O)=O)c2nc(C3CCC(C)(C)CC3)sc2n1. The monoisotopic (exact) mass is 420 g/mol. The van der Waals surface area contributed by atoms with E-state index in [1.165, 1.54) is 30.7 Å². The summed E-state index contributed by atoms with van der Waals surface area (Å²) in [6, 6.07) is 0.138. The number of rotatable bonds is 3. The number of likely N-dealkylation sites (tertiary alicyclic amines) is 1. The molecule has 2 saturated heterocycles. The molecule has 152 valence electrons. The minimum Gasteiger partial charge on any atom is -0.292 e. The van der Waals surface area contributed by atoms with Gasteiger partial charge in [0.05, 0.1) is 21.7 Å². The van der Waals surface area contributed by atoms with Crippen molar-refractivity contribution in [3.63, 3.8) is 0 Å². The number of aryl methyl sites for hydroxylation is 1. The third kappa shape index (κ3) is 3.27. The highest BCUT2D eigenvalue weighted by Gasteiger charge is 2.48. The molecule has 5 rings (SSSR count). The van der Waals surface area contributed by atoms with E-state index in [1.807, 2.05) is 6.92 Å². The molecule has 2 aromatic rings. The van der Waals surface area contributed by atoms with Gasteiger partial charge in [0.15, 0.2) is 9.84 Å². The Balaban J connectivity index is 1.41. The molecule has 2 atom stereocenters. The molecule has 0 aromatic carbocycles. The molecule has 6 nitrogen and oxygen atoms in total. The number of sulfone groups is 1. The Labute approximate surface area is 170 Å². The molecule has 3 fully saturated rings. The van der Waals surface area contributed by atoms with Crippen LogP contribution in [0.5, 0.6) is 0 Å². The highest BCUT2D eigenvalue weighted by atomic mass is 32.2. The number of nitrogens with zero attached hydrogens (tertiary/aromatic N) is 4. The topological polar surface area (TPSA) is 76.1 Å². The number of hydrogen-bond acceptors (Lipinski definition) is 7. The van der Waals surface area contributed by atoms with Crippen molar-refractivity contribution in [2.75, 3.05) is 12.3 Å². The van der Waals surface area contributed by atoms with Crippen LogP contribution in [0.4, 0.5) is 0 Å². The fraction of sp³-hybridized carbons (Fsp3) is 0.750. The summed E-state index contributed by atoms with van der Waals surface area (Å²) in [5, 5.41) is 1.02. The molecule has 4 heterocycles. The van der Waals surface area contributed by atoms with Gasteiger partial charge in [0.1, 0.15) is 16.2 Å². The zero-order valence-electron chi connectivity index (χ0n) is 16.8. The maximum Gasteiger partial charge on any atom is 0.156 e. The molecule has 1 aliphatic carbocycles. The van der Waals surface area contributed by atoms with E-state index in [4.69, 9.17) is 9.97 Å². The highest BCUT2D eigenvalue weighted by Crippen LogP contribution is 2.44. The van der Waals surface area contributed by atoms with Gasteiger partial charge in [0, 0.05) is 25.0 Å². The predicted molar refractivity (Wildman–Crippen MR) is 111 cm³/mol. The molecule has 8 heteroatoms. The molecule has 2 aliphatic heterocycles. The van der Waals surface area contributed by atoms with E-state index in [0.29, 0.717) is 30.2 Å². The van der Waals surface area contributed by atoms with E-state index in [-0.39, 0.29) is 11.3 Å². The molecule has 3 aliphatic rings. The van der Waals surface area contributed by atoms with E-state index in [9.17, 15) is 8.42 Å². The van der Waals surface area contributed by atoms with Crippen LogP contribution in [-0.2, 0) is 16.4 Å². The third-order valence-corrected chi connectivity index (χ3v) is 10.2. The summed E-state index contributed by atoms with van der Waals surface area (Å²) in [4.78, 5) is 17.6. The minimum atomic E-state index is -2.87. The second-order valence-electron chi connectivity index (χ2n) is 9.63. The van der Waals surface area contributed by atoms with Crippen LogP contribution >= 0.6 is 11.3 Å². The van der Waals surface area contributed by atoms with Gasteiger partial charge in [0.2, 0.25) is 0 Å². The molecule has 1 saturated carbocycles. The summed E-state index contributed by atoms with van der Waals surface area (Å²) in [7, 11) is -2.87. The van der Waals surface area contributed by atoms with Crippen LogP contribution in [0.15, 0.2) is 0 Å². The first-order chi connectivity index (χ1) is 13.2. The van der Waals surface area contributed by atoms with E-state index < -0.39 is 9.84 Å². The predicted octanol–water partition coefficient (Wildman–Crippen LogP) is 3.45. The lowest BCUT2D eigenvalue weighted by atomic mass is 9.73. The maximum atomic E-state index is 12.0. The zero-order valence-corrected chi connectivity index (χ0v) is 18.4. The van der Waals surface area contributed by atoms with Crippen LogP contribution in [0.1, 0.15) is 68.4 Å². The van der Waals surface area contributed by atoms with Gasteiger partial charge < -0.3 is 0 Å². The first-order valence-electron chi connectivity index (χ1n) is 10.3. The molecule has 0 radical (unpaired) electrons. The van der Waals surface area contributed by atoms with Crippen LogP contribution in [-0.4, -0.2) is 51.9 Å². The lowest BCUT2D eigenvalue weighted by Gasteiger charge is -2.33. The summed E-state index contributed by atoms with van der Waals surface area (Å²) in [5.74, 6) is 1.61. The quantitative estimate of drug-likeness (QED) is 0.757. The summed E-state index contributed by atoms with van der Waals surface area (Å²) < 4.78 is 24.1. The summed E-state index contributed by atoms with van der Waals surface area (Å²) in [5.41, 5.74) is 2.34. The molecule has 2 unspecified atom stereocenters. The summed E-state index contributed by atoms with van der Waals surface area (Å²) in [6.45, 7) is 7.96. The first-order valence-corrected chi connectivity index (χ1v) is 12.8. The standard InChI is InChI=1S/C20H28N4O2S2/c1-12-21-16(10-24-9-15-8-14(24)11-28(15,25)26)17-19(22-12)27-18(23-17)13-4-6-20(2,3)7-5-13/h13-15H,4-11H2,1-3H3. The normalized spacial score (nSPS) is 29.7. The van der Waals surface area contributed by atoms with Crippen molar-refractivity contribution >= 4 is 31.5 Å². The lowest BCUT2D eigenvalue weighted by Crippen LogP contribution is -2.40. The van der Waals surface area contributed by atoms with Crippen LogP contribution < -0.4 is 0 Å². The van der Waals surface area contributed by atoms with Crippen molar-refractivity contribution in [3.8, 4) is 0 Å². The molecule has 0 N–H and O–H groups in total. The number of fused-ring (bicyclic) bond motifs is 3. The Bertz CT molecular complexity index is 1020. The van der Waals surface area contributed by atoms with E-state index in [2.05, 4.69) is 23.7 Å². The second-order valence-corrected chi connectivity index (χ2v) is 13.0. The maximum absolute atomic E-state index is 12.0. The largest absolute Gasteiger partial charge is 0.292 e. The number of aromatic nitrogens is 3. The van der Waals surface area contributed by atoms with Gasteiger partial charge in [-0.2, -0.15) is 0 Å². The van der Waals surface area contributed by atoms with Crippen molar-refractivity contribution in [1.82, 2.24) is 19.9 Å². The van der Waals surface area contributed by atoms with Gasteiger partial charge in [-0.25, -0.2) is 23.4 Å². The molecule has 0 amide bonds. The molecular weight excluding hydrogens is 392 g/mol. The fourth-order valence-electron chi connectivity index (χ4n) is 5.10. The molecule has 0 spiro atoms. The zero-order chi connectivity index (χ0) is 19.7. The Kier molecular flexibility index (Phi) is 4.34. The second kappa shape index (κ2) is 6.44. The van der Waals surface area contributed by atoms with E-state index in [1.54, 1.807) is 11.3 Å². The van der Waals surface area contributed by atoms with Crippen molar-refractivity contribution in [2.45, 2.75) is 76.6 Å². The van der Waals surface area contributed by atoms with E-state index in [0.717, 1.165) is 28.3 Å². The van der Waals surface area contributed by atoms with Gasteiger partial charge >= 0.3 is 0 Å². The van der Waals surface area contributed by atoms with Gasteiger partial charge in [-0.05, 0) is 44.4 Å². The van der Waals surface area contributed by atoms with Gasteiger partial charge in [-0.1, -0.05) is 25.2 Å². The van der Waals surface area contributed by atoms with Crippen molar-refractivity contribution in [2.24, 2.45) is 5.41 Å². The third-order valence-electron chi connectivity index (χ3n) is 6.92. The molecule has 2 bridgehead atoms. The minimum absolute atomic E-state index is 0.138. The van der Waals surface area contributed by atoms with Crippen LogP contribution in [0.2, 0.25) is 0 Å². The lowest BCUT2D eigenvalue weighted by molar-refractivity contribution is 0.224. The summed E-state index contributed by atoms with van der Waals surface area (Å²) in [6.07, 6.45) is 5.66. The number of hydrogen-bond donors (Lipinski definition) is 0. The van der Waals surface area contributed by atoms with Crippen LogP contribution in [0.25, 0.3) is 10.3 Å². The first kappa shape index (κ1) is 18.9. The molecular formula is C20H28N4O2S2. The van der Waals surface area contributed by atoms with Gasteiger partial charge in [-0.15, -0.1) is 0 Å². The van der Waals surface area contributed by atoms with Gasteiger partial charge in [-0.3, -0.25) is 4.90 Å². The van der Waals surface area contributed by atoms with Crippen LogP contribution in [0.3, 0.4) is 0 Å². The average Bonchev–Trinajstić information content (AvgIpc) is 3.26. The summed E-state index contributed by atoms with van der Waals surface area (Å²) >= 11 is 1.73. The molecule has 28 heavy (non-hydrogen) atoms. The Hall–Kier alpha value is -1.12. The highest BCUT2D eigenvalue weighted by molar-refractivity contribution is 7.92. The fourth-order valence-corrected chi connectivity index (χ4v) is 8.37. The number of thiazole rings is 1. The molecule has 2 aromatic heterocycles. The van der Waals surface area contributed by atoms with E-state index >= 15 is 0 Å². The Morgan fingerprint density at radius 2 is 1.93 bits per heavy atom. The van der Waals surface area contributed by atoms with Crippen molar-refractivity contribution in [1.29, 1.82) is 0 Å². The Morgan fingerprint density at radius 1 is 1.18 bits per heavy atom. The van der Waals surface area contributed by atoms with Crippen molar-refractivity contribution in [3.05, 3.63) is 16.5 Å². The van der Waals surface area contributed by atoms with Gasteiger partial charge in [0.25, 0.3) is 0 Å². The van der Waals surface area contributed by atoms with Crippen LogP contribution in [0, 0.1) is 12.3 Å². The smallest absolute Gasteiger partial charge is 0.156 e. The average molecular weight is 421 g/mol. The Morgan fingerprint density at radius 3 is 2.57 bits per heavy atom. The van der Waals surface area contributed by atoms with Crippen molar-refractivity contribution < 1.29 is 8.42 Å².